The van der Waals surface area contributed by atoms with Crippen LogP contribution in [0.15, 0.2) is 55.1 Å². The first-order chi connectivity index (χ1) is 14.3. The van der Waals surface area contributed by atoms with Gasteiger partial charge in [-0.2, -0.15) is 0 Å². The van der Waals surface area contributed by atoms with Crippen molar-refractivity contribution in [1.29, 1.82) is 0 Å². The van der Waals surface area contributed by atoms with E-state index in [1.807, 2.05) is 26.0 Å². The van der Waals surface area contributed by atoms with E-state index in [1.54, 1.807) is 42.5 Å². The first kappa shape index (κ1) is 23.3. The molecule has 0 spiro atoms. The molecule has 2 rings (SSSR count). The Morgan fingerprint density at radius 1 is 0.967 bits per heavy atom. The fraction of sp³-hybridized carbons (Fsp3) is 0.346. The van der Waals surface area contributed by atoms with Crippen LogP contribution in [-0.2, 0) is 5.41 Å². The van der Waals surface area contributed by atoms with Crippen molar-refractivity contribution < 1.29 is 19.0 Å². The van der Waals surface area contributed by atoms with Gasteiger partial charge in [-0.1, -0.05) is 39.5 Å². The Morgan fingerprint density at radius 2 is 1.63 bits per heavy atom. The molecule has 0 aromatic heterocycles. The maximum Gasteiger partial charge on any atom is 0.185 e. The molecular formula is C26H32O4. The molecule has 0 heterocycles. The van der Waals surface area contributed by atoms with E-state index in [1.165, 1.54) is 0 Å². The maximum atomic E-state index is 12.7. The normalized spacial score (nSPS) is 11.4. The molecule has 4 nitrogen and oxygen atoms in total. The van der Waals surface area contributed by atoms with Crippen molar-refractivity contribution in [3.63, 3.8) is 0 Å². The molecule has 0 saturated carbocycles. The van der Waals surface area contributed by atoms with E-state index in [9.17, 15) is 4.79 Å². The second-order valence-electron chi connectivity index (χ2n) is 7.79. The van der Waals surface area contributed by atoms with E-state index in [-0.39, 0.29) is 11.2 Å². The fourth-order valence-corrected chi connectivity index (χ4v) is 3.04. The lowest BCUT2D eigenvalue weighted by atomic mass is 9.84. The first-order valence-corrected chi connectivity index (χ1v) is 10.3. The molecule has 0 fully saturated rings. The summed E-state index contributed by atoms with van der Waals surface area (Å²) in [6.07, 6.45) is 5.03. The monoisotopic (exact) mass is 408 g/mol. The van der Waals surface area contributed by atoms with Gasteiger partial charge in [-0.3, -0.25) is 4.79 Å². The lowest BCUT2D eigenvalue weighted by Crippen LogP contribution is -2.15. The largest absolute Gasteiger partial charge is 0.493 e. The number of allylic oxidation sites excluding steroid dienone is 1. The summed E-state index contributed by atoms with van der Waals surface area (Å²) < 4.78 is 17.3. The van der Waals surface area contributed by atoms with Crippen LogP contribution in [0.5, 0.6) is 17.2 Å². The lowest BCUT2D eigenvalue weighted by molar-refractivity contribution is 0.104. The molecule has 0 aliphatic heterocycles. The van der Waals surface area contributed by atoms with Crippen LogP contribution < -0.4 is 14.2 Å². The summed E-state index contributed by atoms with van der Waals surface area (Å²) >= 11 is 0. The molecule has 4 heteroatoms. The maximum absolute atomic E-state index is 12.7. The molecule has 2 aromatic carbocycles. The highest BCUT2D eigenvalue weighted by Gasteiger charge is 2.23. The van der Waals surface area contributed by atoms with Gasteiger partial charge in [0.05, 0.1) is 18.8 Å². The number of ketones is 1. The van der Waals surface area contributed by atoms with Crippen molar-refractivity contribution in [2.24, 2.45) is 0 Å². The van der Waals surface area contributed by atoms with Crippen LogP contribution in [0.3, 0.4) is 0 Å². The zero-order valence-electron chi connectivity index (χ0n) is 18.7. The van der Waals surface area contributed by atoms with Crippen molar-refractivity contribution in [3.8, 4) is 17.2 Å². The third-order valence-corrected chi connectivity index (χ3v) is 4.46. The Hall–Kier alpha value is -3.01. The topological polar surface area (TPSA) is 44.8 Å². The summed E-state index contributed by atoms with van der Waals surface area (Å²) in [5.41, 5.74) is 2.33. The molecule has 0 atom stereocenters. The Kier molecular flexibility index (Phi) is 8.28. The van der Waals surface area contributed by atoms with Crippen molar-refractivity contribution in [2.45, 2.75) is 40.0 Å². The standard InChI is InChI=1S/C26H32O4/c1-7-18-30-20-12-10-19(11-13-20)23(27)16-14-21-24(28-8-2)17-15-22(26(4,5)6)25(21)29-9-3/h7,10-17H,1,8-9,18H2,2-6H3. The van der Waals surface area contributed by atoms with Crippen LogP contribution in [0.4, 0.5) is 0 Å². The van der Waals surface area contributed by atoms with Crippen molar-refractivity contribution in [3.05, 3.63) is 71.8 Å². The number of carbonyl (C=O) groups is 1. The predicted molar refractivity (Wildman–Crippen MR) is 123 cm³/mol. The van der Waals surface area contributed by atoms with Gasteiger partial charge >= 0.3 is 0 Å². The number of carbonyl (C=O) groups excluding carboxylic acids is 1. The van der Waals surface area contributed by atoms with Gasteiger partial charge in [-0.25, -0.2) is 0 Å². The fourth-order valence-electron chi connectivity index (χ4n) is 3.04. The average molecular weight is 409 g/mol. The molecule has 30 heavy (non-hydrogen) atoms. The number of hydrogen-bond acceptors (Lipinski definition) is 4. The number of rotatable bonds is 10. The molecule has 0 saturated heterocycles. The van der Waals surface area contributed by atoms with Gasteiger partial charge in [0.1, 0.15) is 23.9 Å². The first-order valence-electron chi connectivity index (χ1n) is 10.3. The number of benzene rings is 2. The highest BCUT2D eigenvalue weighted by molar-refractivity contribution is 6.07. The van der Waals surface area contributed by atoms with Gasteiger partial charge < -0.3 is 14.2 Å². The highest BCUT2D eigenvalue weighted by Crippen LogP contribution is 2.40. The van der Waals surface area contributed by atoms with Gasteiger partial charge in [0, 0.05) is 11.1 Å². The minimum absolute atomic E-state index is 0.101. The smallest absolute Gasteiger partial charge is 0.185 e. The Morgan fingerprint density at radius 3 is 2.20 bits per heavy atom. The van der Waals surface area contributed by atoms with Gasteiger partial charge in [0.15, 0.2) is 5.78 Å². The van der Waals surface area contributed by atoms with Crippen LogP contribution >= 0.6 is 0 Å². The Balaban J connectivity index is 2.39. The summed E-state index contributed by atoms with van der Waals surface area (Å²) in [7, 11) is 0. The Labute approximate surface area is 180 Å². The van der Waals surface area contributed by atoms with E-state index in [2.05, 4.69) is 27.4 Å². The van der Waals surface area contributed by atoms with E-state index in [4.69, 9.17) is 14.2 Å². The molecule has 160 valence electrons. The van der Waals surface area contributed by atoms with Crippen LogP contribution in [0, 0.1) is 0 Å². The van der Waals surface area contributed by atoms with Crippen LogP contribution in [0.2, 0.25) is 0 Å². The highest BCUT2D eigenvalue weighted by atomic mass is 16.5. The molecule has 0 bridgehead atoms. The van der Waals surface area contributed by atoms with E-state index >= 15 is 0 Å². The second-order valence-corrected chi connectivity index (χ2v) is 7.79. The van der Waals surface area contributed by atoms with Gasteiger partial charge in [0.25, 0.3) is 0 Å². The Bertz CT molecular complexity index is 886. The quantitative estimate of drug-likeness (QED) is 0.265. The van der Waals surface area contributed by atoms with Crippen molar-refractivity contribution in [1.82, 2.24) is 0 Å². The minimum Gasteiger partial charge on any atom is -0.493 e. The average Bonchev–Trinajstić information content (AvgIpc) is 2.71. The van der Waals surface area contributed by atoms with Gasteiger partial charge in [-0.05, 0) is 61.7 Å². The lowest BCUT2D eigenvalue weighted by Gasteiger charge is -2.25. The molecule has 0 aliphatic carbocycles. The van der Waals surface area contributed by atoms with Crippen LogP contribution in [0.1, 0.15) is 56.1 Å². The molecular weight excluding hydrogens is 376 g/mol. The van der Waals surface area contributed by atoms with Crippen molar-refractivity contribution in [2.75, 3.05) is 19.8 Å². The third kappa shape index (κ3) is 5.99. The summed E-state index contributed by atoms with van der Waals surface area (Å²) in [4.78, 5) is 12.7. The predicted octanol–water partition coefficient (Wildman–Crippen LogP) is 6.24. The summed E-state index contributed by atoms with van der Waals surface area (Å²) in [6, 6.07) is 11.1. The zero-order chi connectivity index (χ0) is 22.1. The molecule has 0 radical (unpaired) electrons. The zero-order valence-corrected chi connectivity index (χ0v) is 18.7. The molecule has 0 unspecified atom stereocenters. The second kappa shape index (κ2) is 10.7. The molecule has 0 aliphatic rings. The minimum atomic E-state index is -0.108. The van der Waals surface area contributed by atoms with E-state index in [0.717, 1.165) is 16.9 Å². The SMILES string of the molecule is C=CCOc1ccc(C(=O)C=Cc2c(OCC)ccc(C(C)(C)C)c2OCC)cc1. The number of ether oxygens (including phenoxy) is 3. The van der Waals surface area contributed by atoms with Crippen LogP contribution in [-0.4, -0.2) is 25.6 Å². The molecule has 2 aromatic rings. The van der Waals surface area contributed by atoms with Crippen molar-refractivity contribution >= 4 is 11.9 Å². The summed E-state index contributed by atoms with van der Waals surface area (Å²) in [6.45, 7) is 15.4. The van der Waals surface area contributed by atoms with Gasteiger partial charge in [0.2, 0.25) is 0 Å². The summed E-state index contributed by atoms with van der Waals surface area (Å²) in [5.74, 6) is 2.06. The van der Waals surface area contributed by atoms with Gasteiger partial charge in [-0.15, -0.1) is 0 Å². The summed E-state index contributed by atoms with van der Waals surface area (Å²) in [5, 5.41) is 0. The molecule has 0 N–H and O–H groups in total. The third-order valence-electron chi connectivity index (χ3n) is 4.46. The number of hydrogen-bond donors (Lipinski definition) is 0. The van der Waals surface area contributed by atoms with E-state index < -0.39 is 0 Å². The molecule has 0 amide bonds. The van der Waals surface area contributed by atoms with Crippen LogP contribution in [0.25, 0.3) is 6.08 Å². The van der Waals surface area contributed by atoms with E-state index in [0.29, 0.717) is 36.9 Å².